The fourth-order valence-corrected chi connectivity index (χ4v) is 11.1. The smallest absolute Gasteiger partial charge is 0.0269 e. The van der Waals surface area contributed by atoms with Crippen molar-refractivity contribution in [3.05, 3.63) is 12.3 Å². The molecule has 4 nitrogen and oxygen atoms in total. The van der Waals surface area contributed by atoms with Crippen molar-refractivity contribution in [2.45, 2.75) is 117 Å². The number of allylic oxidation sites excluding steroid dienone is 1. The second-order valence-corrected chi connectivity index (χ2v) is 15.1. The van der Waals surface area contributed by atoms with E-state index in [0.717, 1.165) is 67.1 Å². The van der Waals surface area contributed by atoms with E-state index in [1.54, 1.807) is 0 Å². The van der Waals surface area contributed by atoms with Crippen LogP contribution < -0.4 is 21.7 Å². The Morgan fingerprint density at radius 1 is 1.08 bits per heavy atom. The molecule has 4 aliphatic carbocycles. The zero-order valence-corrected chi connectivity index (χ0v) is 25.0. The van der Waals surface area contributed by atoms with Crippen molar-refractivity contribution in [3.63, 3.8) is 0 Å². The largest absolute Gasteiger partial charge is 0.387 e. The molecular weight excluding hydrogens is 452 g/mol. The molecule has 0 aromatic heterocycles. The van der Waals surface area contributed by atoms with Crippen LogP contribution in [0.3, 0.4) is 0 Å². The molecule has 0 aromatic carbocycles. The molecule has 0 radical (unpaired) electrons. The first-order valence-corrected chi connectivity index (χ1v) is 16.3. The van der Waals surface area contributed by atoms with E-state index in [1.165, 1.54) is 76.3 Å². The SMILES string of the molecule is C=C(NCCNCCN)C(C)(CCCC(C)C)C1CCC2(C)C1C[C@H]1NC34CCC[C@@H](C)C3CCC2C14. The summed E-state index contributed by atoms with van der Waals surface area (Å²) in [4.78, 5) is 0. The zero-order chi connectivity index (χ0) is 26.4. The second kappa shape index (κ2) is 10.8. The molecule has 1 aliphatic heterocycles. The highest BCUT2D eigenvalue weighted by Gasteiger charge is 2.71. The molecule has 4 saturated carbocycles. The van der Waals surface area contributed by atoms with E-state index in [-0.39, 0.29) is 5.41 Å². The van der Waals surface area contributed by atoms with Gasteiger partial charge < -0.3 is 21.7 Å². The van der Waals surface area contributed by atoms with Gasteiger partial charge in [0.05, 0.1) is 0 Å². The Hall–Kier alpha value is -0.580. The molecule has 212 valence electrons. The van der Waals surface area contributed by atoms with Crippen molar-refractivity contribution in [3.8, 4) is 0 Å². The maximum absolute atomic E-state index is 5.67. The Morgan fingerprint density at radius 3 is 2.62 bits per heavy atom. The minimum Gasteiger partial charge on any atom is -0.387 e. The lowest BCUT2D eigenvalue weighted by Crippen LogP contribution is -2.82. The maximum atomic E-state index is 5.67. The van der Waals surface area contributed by atoms with Gasteiger partial charge in [0.2, 0.25) is 0 Å². The molecular formula is C33H60N4. The Morgan fingerprint density at radius 2 is 1.86 bits per heavy atom. The number of hydrogen-bond acceptors (Lipinski definition) is 4. The normalized spacial score (nSPS) is 43.8. The van der Waals surface area contributed by atoms with Crippen molar-refractivity contribution in [1.29, 1.82) is 0 Å². The van der Waals surface area contributed by atoms with E-state index >= 15 is 0 Å². The first kappa shape index (κ1) is 28.0. The Bertz CT molecular complexity index is 810. The number of rotatable bonds is 12. The summed E-state index contributed by atoms with van der Waals surface area (Å²) in [5.74, 6) is 6.11. The second-order valence-electron chi connectivity index (χ2n) is 15.1. The molecule has 1 heterocycles. The first-order valence-electron chi connectivity index (χ1n) is 16.3. The summed E-state index contributed by atoms with van der Waals surface area (Å²) in [7, 11) is 0. The van der Waals surface area contributed by atoms with E-state index in [2.05, 4.69) is 50.6 Å². The molecule has 1 saturated heterocycles. The standard InChI is InChI=1S/C33H60N4/c1-22(2)9-7-14-31(5,24(4)36-20-19-35-18-17-34)26-13-16-32(6)27-12-11-25-23(3)10-8-15-33(25)30(27)29(37-33)21-28(26)32/h22-23,25-30,35-37H,4,7-21,34H2,1-3,5-6H3/t23-,25?,26?,27?,28?,29-,30?,31?,32?,33?/m1/s1. The number of fused-ring (bicyclic) bond motifs is 2. The molecule has 5 fully saturated rings. The van der Waals surface area contributed by atoms with Gasteiger partial charge in [-0.1, -0.05) is 66.9 Å². The molecule has 5 N–H and O–H groups in total. The molecule has 8 unspecified atom stereocenters. The van der Waals surface area contributed by atoms with Crippen LogP contribution in [0.2, 0.25) is 0 Å². The molecule has 0 aromatic rings. The van der Waals surface area contributed by atoms with Gasteiger partial charge >= 0.3 is 0 Å². The summed E-state index contributed by atoms with van der Waals surface area (Å²) < 4.78 is 0. The van der Waals surface area contributed by atoms with Crippen LogP contribution in [0, 0.1) is 52.3 Å². The topological polar surface area (TPSA) is 62.1 Å². The average molecular weight is 513 g/mol. The summed E-state index contributed by atoms with van der Waals surface area (Å²) >= 11 is 0. The summed E-state index contributed by atoms with van der Waals surface area (Å²) in [6, 6.07) is 0.776. The van der Waals surface area contributed by atoms with Gasteiger partial charge in [-0.2, -0.15) is 0 Å². The molecule has 0 amide bonds. The van der Waals surface area contributed by atoms with Gasteiger partial charge in [-0.15, -0.1) is 0 Å². The molecule has 37 heavy (non-hydrogen) atoms. The van der Waals surface area contributed by atoms with Gasteiger partial charge in [-0.3, -0.25) is 0 Å². The van der Waals surface area contributed by atoms with Crippen LogP contribution in [0.5, 0.6) is 0 Å². The Balaban J connectivity index is 1.34. The first-order chi connectivity index (χ1) is 17.7. The van der Waals surface area contributed by atoms with Crippen LogP contribution in [0.25, 0.3) is 0 Å². The Labute approximate surface area is 229 Å². The lowest BCUT2D eigenvalue weighted by Gasteiger charge is -2.73. The van der Waals surface area contributed by atoms with Crippen LogP contribution in [0.1, 0.15) is 105 Å². The highest BCUT2D eigenvalue weighted by molar-refractivity contribution is 5.26. The van der Waals surface area contributed by atoms with E-state index < -0.39 is 0 Å². The van der Waals surface area contributed by atoms with Crippen LogP contribution >= 0.6 is 0 Å². The van der Waals surface area contributed by atoms with Crippen molar-refractivity contribution < 1.29 is 0 Å². The van der Waals surface area contributed by atoms with Gasteiger partial charge in [0.25, 0.3) is 0 Å². The average Bonchev–Trinajstić information content (AvgIpc) is 3.20. The van der Waals surface area contributed by atoms with Crippen molar-refractivity contribution >= 4 is 0 Å². The van der Waals surface area contributed by atoms with Crippen LogP contribution in [-0.4, -0.2) is 37.8 Å². The predicted octanol–water partition coefficient (Wildman–Crippen LogP) is 6.08. The predicted molar refractivity (Wildman–Crippen MR) is 157 cm³/mol. The summed E-state index contributed by atoms with van der Waals surface area (Å²) in [5, 5.41) is 11.6. The van der Waals surface area contributed by atoms with Crippen LogP contribution in [0.4, 0.5) is 0 Å². The molecule has 10 atom stereocenters. The third-order valence-corrected chi connectivity index (χ3v) is 12.9. The van der Waals surface area contributed by atoms with Gasteiger partial charge in [0.15, 0.2) is 0 Å². The molecule has 5 rings (SSSR count). The molecule has 5 aliphatic rings. The number of hydrogen-bond donors (Lipinski definition) is 4. The summed E-state index contributed by atoms with van der Waals surface area (Å²) in [6.07, 6.45) is 15.5. The zero-order valence-electron chi connectivity index (χ0n) is 25.0. The molecule has 4 heteroatoms. The summed E-state index contributed by atoms with van der Waals surface area (Å²) in [5.41, 5.74) is 8.18. The van der Waals surface area contributed by atoms with Gasteiger partial charge in [-0.25, -0.2) is 0 Å². The highest BCUT2D eigenvalue weighted by Crippen LogP contribution is 2.71. The molecule has 1 spiro atoms. The lowest BCUT2D eigenvalue weighted by molar-refractivity contribution is -0.195. The third kappa shape index (κ3) is 4.63. The van der Waals surface area contributed by atoms with E-state index in [1.807, 2.05) is 0 Å². The Kier molecular flexibility index (Phi) is 8.14. The fraction of sp³-hybridized carbons (Fsp3) is 0.939. The monoisotopic (exact) mass is 512 g/mol. The number of nitrogens with two attached hydrogens (primary N) is 1. The van der Waals surface area contributed by atoms with Crippen molar-refractivity contribution in [2.75, 3.05) is 26.2 Å². The minimum atomic E-state index is 0.177. The van der Waals surface area contributed by atoms with Gasteiger partial charge in [0.1, 0.15) is 0 Å². The number of nitrogens with one attached hydrogen (secondary N) is 3. The van der Waals surface area contributed by atoms with Gasteiger partial charge in [-0.05, 0) is 91.8 Å². The van der Waals surface area contributed by atoms with E-state index in [4.69, 9.17) is 12.3 Å². The van der Waals surface area contributed by atoms with Gasteiger partial charge in [0, 0.05) is 48.9 Å². The quantitative estimate of drug-likeness (QED) is 0.239. The molecule has 0 bridgehead atoms. The van der Waals surface area contributed by atoms with E-state index in [9.17, 15) is 0 Å². The van der Waals surface area contributed by atoms with E-state index in [0.29, 0.717) is 17.5 Å². The maximum Gasteiger partial charge on any atom is 0.0269 e. The summed E-state index contributed by atoms with van der Waals surface area (Å²) in [6.45, 7) is 20.9. The van der Waals surface area contributed by atoms with Crippen molar-refractivity contribution in [1.82, 2.24) is 16.0 Å². The van der Waals surface area contributed by atoms with Crippen LogP contribution in [-0.2, 0) is 0 Å². The minimum absolute atomic E-state index is 0.177. The highest BCUT2D eigenvalue weighted by atomic mass is 15.2. The van der Waals surface area contributed by atoms with Crippen LogP contribution in [0.15, 0.2) is 12.3 Å². The third-order valence-electron chi connectivity index (χ3n) is 12.9. The van der Waals surface area contributed by atoms with Crippen molar-refractivity contribution in [2.24, 2.45) is 58.0 Å². The lowest BCUT2D eigenvalue weighted by atomic mass is 9.39. The fourth-order valence-electron chi connectivity index (χ4n) is 11.1.